The Hall–Kier alpha value is -1.10. The van der Waals surface area contributed by atoms with Crippen molar-refractivity contribution in [1.29, 1.82) is 0 Å². The Bertz CT molecular complexity index is 385. The predicted molar refractivity (Wildman–Crippen MR) is 67.9 cm³/mol. The van der Waals surface area contributed by atoms with Crippen molar-refractivity contribution in [2.45, 2.75) is 19.0 Å². The summed E-state index contributed by atoms with van der Waals surface area (Å²) < 4.78 is 4.82. The first-order valence-electron chi connectivity index (χ1n) is 5.35. The highest BCUT2D eigenvalue weighted by Gasteiger charge is 2.17. The van der Waals surface area contributed by atoms with Crippen molar-refractivity contribution in [2.75, 3.05) is 13.7 Å². The van der Waals surface area contributed by atoms with E-state index in [0.29, 0.717) is 5.02 Å². The normalized spacial score (nSPS) is 14.1. The number of methoxy groups -OCH3 is 1. The van der Waals surface area contributed by atoms with Gasteiger partial charge in [0.2, 0.25) is 5.91 Å². The van der Waals surface area contributed by atoms with Crippen LogP contribution in [0.2, 0.25) is 5.02 Å². The molecule has 1 aromatic rings. The molecule has 0 fully saturated rings. The van der Waals surface area contributed by atoms with Crippen molar-refractivity contribution in [1.82, 2.24) is 5.32 Å². The fourth-order valence-corrected chi connectivity index (χ4v) is 1.78. The lowest BCUT2D eigenvalue weighted by Crippen LogP contribution is -2.44. The highest BCUT2D eigenvalue weighted by atomic mass is 35.5. The quantitative estimate of drug-likeness (QED) is 0.839. The predicted octanol–water partition coefficient (Wildman–Crippen LogP) is 1.49. The van der Waals surface area contributed by atoms with E-state index in [1.165, 1.54) is 7.11 Å². The molecule has 0 aliphatic heterocycles. The van der Waals surface area contributed by atoms with Gasteiger partial charge in [0.25, 0.3) is 0 Å². The Morgan fingerprint density at radius 2 is 2.18 bits per heavy atom. The molecule has 1 unspecified atom stereocenters. The first-order valence-corrected chi connectivity index (χ1v) is 5.73. The van der Waals surface area contributed by atoms with E-state index in [2.05, 4.69) is 5.32 Å². The summed E-state index contributed by atoms with van der Waals surface area (Å²) in [5.74, 6) is -0.251. The fraction of sp³-hybridized carbons (Fsp3) is 0.417. The van der Waals surface area contributed by atoms with Crippen LogP contribution in [0.1, 0.15) is 18.5 Å². The van der Waals surface area contributed by atoms with Crippen LogP contribution in [-0.2, 0) is 9.53 Å². The molecular formula is C12H17ClN2O2. The lowest BCUT2D eigenvalue weighted by molar-refractivity contribution is -0.124. The van der Waals surface area contributed by atoms with Gasteiger partial charge < -0.3 is 15.8 Å². The van der Waals surface area contributed by atoms with Crippen LogP contribution in [0.15, 0.2) is 24.3 Å². The smallest absolute Gasteiger partial charge is 0.239 e. The van der Waals surface area contributed by atoms with Crippen molar-refractivity contribution >= 4 is 17.5 Å². The maximum absolute atomic E-state index is 11.7. The molecule has 1 amide bonds. The third-order valence-corrected chi connectivity index (χ3v) is 2.76. The second-order valence-electron chi connectivity index (χ2n) is 3.81. The highest BCUT2D eigenvalue weighted by Crippen LogP contribution is 2.21. The van der Waals surface area contributed by atoms with Crippen molar-refractivity contribution in [2.24, 2.45) is 5.73 Å². The monoisotopic (exact) mass is 256 g/mol. The third kappa shape index (κ3) is 4.00. The van der Waals surface area contributed by atoms with E-state index in [0.717, 1.165) is 5.56 Å². The number of hydrogen-bond acceptors (Lipinski definition) is 3. The van der Waals surface area contributed by atoms with E-state index >= 15 is 0 Å². The van der Waals surface area contributed by atoms with E-state index in [4.69, 9.17) is 22.1 Å². The van der Waals surface area contributed by atoms with E-state index < -0.39 is 6.04 Å². The molecular weight excluding hydrogens is 240 g/mol. The molecule has 4 nitrogen and oxygen atoms in total. The van der Waals surface area contributed by atoms with E-state index in [1.54, 1.807) is 6.07 Å². The molecule has 0 saturated carbocycles. The van der Waals surface area contributed by atoms with Crippen molar-refractivity contribution in [3.05, 3.63) is 34.9 Å². The molecule has 3 N–H and O–H groups in total. The van der Waals surface area contributed by atoms with E-state index in [1.807, 2.05) is 25.1 Å². The Balaban J connectivity index is 2.63. The van der Waals surface area contributed by atoms with Crippen LogP contribution in [0.5, 0.6) is 0 Å². The number of nitrogens with two attached hydrogens (primary N) is 1. The van der Waals surface area contributed by atoms with E-state index in [9.17, 15) is 4.79 Å². The van der Waals surface area contributed by atoms with Crippen LogP contribution in [0.3, 0.4) is 0 Å². The summed E-state index contributed by atoms with van der Waals surface area (Å²) >= 11 is 6.04. The Kier molecular flexibility index (Phi) is 5.41. The molecule has 17 heavy (non-hydrogen) atoms. The van der Waals surface area contributed by atoms with Gasteiger partial charge in [0.05, 0.1) is 12.6 Å². The molecule has 0 aromatic heterocycles. The molecule has 0 saturated heterocycles. The van der Waals surface area contributed by atoms with Gasteiger partial charge in [-0.2, -0.15) is 0 Å². The summed E-state index contributed by atoms with van der Waals surface area (Å²) in [4.78, 5) is 11.7. The maximum Gasteiger partial charge on any atom is 0.239 e. The number of benzene rings is 1. The second kappa shape index (κ2) is 6.59. The van der Waals surface area contributed by atoms with Gasteiger partial charge >= 0.3 is 0 Å². The minimum Gasteiger partial charge on any atom is -0.383 e. The molecule has 0 bridgehead atoms. The summed E-state index contributed by atoms with van der Waals surface area (Å²) in [6, 6.07) is 6.53. The number of amides is 1. The number of rotatable bonds is 5. The average molecular weight is 257 g/mol. The first kappa shape index (κ1) is 14.0. The van der Waals surface area contributed by atoms with Crippen LogP contribution in [0, 0.1) is 0 Å². The molecule has 1 rings (SSSR count). The lowest BCUT2D eigenvalue weighted by Gasteiger charge is -2.18. The maximum atomic E-state index is 11.7. The van der Waals surface area contributed by atoms with Crippen LogP contribution < -0.4 is 11.1 Å². The Labute approximate surface area is 106 Å². The summed E-state index contributed by atoms with van der Waals surface area (Å²) in [6.45, 7) is 2.06. The van der Waals surface area contributed by atoms with Crippen LogP contribution >= 0.6 is 11.6 Å². The highest BCUT2D eigenvalue weighted by molar-refractivity contribution is 6.31. The van der Waals surface area contributed by atoms with Crippen LogP contribution in [0.25, 0.3) is 0 Å². The standard InChI is InChI=1S/C12H17ClN2O2/c1-8(9-5-3-4-6-10(9)13)15-12(16)11(14)7-17-2/h3-6,8,11H,7,14H2,1-2H3,(H,15,16)/t8-,11?/m0/s1. The van der Waals surface area contributed by atoms with Crippen molar-refractivity contribution in [3.8, 4) is 0 Å². The molecule has 0 heterocycles. The zero-order valence-corrected chi connectivity index (χ0v) is 10.7. The number of halogens is 1. The Morgan fingerprint density at radius 1 is 1.53 bits per heavy atom. The molecule has 5 heteroatoms. The first-order chi connectivity index (χ1) is 8.06. The molecule has 0 aliphatic rings. The number of hydrogen-bond donors (Lipinski definition) is 2. The molecule has 2 atom stereocenters. The molecule has 0 spiro atoms. The number of carbonyl (C=O) groups excluding carboxylic acids is 1. The number of ether oxygens (including phenoxy) is 1. The van der Waals surface area contributed by atoms with Crippen LogP contribution in [-0.4, -0.2) is 25.7 Å². The van der Waals surface area contributed by atoms with Gasteiger partial charge in [-0.15, -0.1) is 0 Å². The average Bonchev–Trinajstić information content (AvgIpc) is 2.29. The van der Waals surface area contributed by atoms with E-state index in [-0.39, 0.29) is 18.6 Å². The van der Waals surface area contributed by atoms with Gasteiger partial charge in [0, 0.05) is 12.1 Å². The zero-order valence-electron chi connectivity index (χ0n) is 9.94. The topological polar surface area (TPSA) is 64.3 Å². The van der Waals surface area contributed by atoms with Crippen molar-refractivity contribution < 1.29 is 9.53 Å². The SMILES string of the molecule is COCC(N)C(=O)N[C@@H](C)c1ccccc1Cl. The van der Waals surface area contributed by atoms with Gasteiger partial charge in [-0.05, 0) is 18.6 Å². The molecule has 0 radical (unpaired) electrons. The molecule has 94 valence electrons. The lowest BCUT2D eigenvalue weighted by atomic mass is 10.1. The Morgan fingerprint density at radius 3 is 2.76 bits per heavy atom. The van der Waals surface area contributed by atoms with Gasteiger partial charge in [0.15, 0.2) is 0 Å². The van der Waals surface area contributed by atoms with Gasteiger partial charge in [-0.1, -0.05) is 29.8 Å². The summed E-state index contributed by atoms with van der Waals surface area (Å²) in [7, 11) is 1.50. The summed E-state index contributed by atoms with van der Waals surface area (Å²) in [6.07, 6.45) is 0. The third-order valence-electron chi connectivity index (χ3n) is 2.41. The minimum atomic E-state index is -0.662. The minimum absolute atomic E-state index is 0.181. The van der Waals surface area contributed by atoms with Crippen LogP contribution in [0.4, 0.5) is 0 Å². The van der Waals surface area contributed by atoms with Crippen molar-refractivity contribution in [3.63, 3.8) is 0 Å². The largest absolute Gasteiger partial charge is 0.383 e. The summed E-state index contributed by atoms with van der Waals surface area (Å²) in [5.41, 5.74) is 6.49. The number of nitrogens with one attached hydrogen (secondary N) is 1. The summed E-state index contributed by atoms with van der Waals surface area (Å²) in [5, 5.41) is 3.42. The molecule has 1 aromatic carbocycles. The van der Waals surface area contributed by atoms with Gasteiger partial charge in [0.1, 0.15) is 6.04 Å². The second-order valence-corrected chi connectivity index (χ2v) is 4.22. The zero-order chi connectivity index (χ0) is 12.8. The van der Waals surface area contributed by atoms with Gasteiger partial charge in [-0.25, -0.2) is 0 Å². The van der Waals surface area contributed by atoms with Gasteiger partial charge in [-0.3, -0.25) is 4.79 Å². The number of carbonyl (C=O) groups is 1. The molecule has 0 aliphatic carbocycles. The fourth-order valence-electron chi connectivity index (χ4n) is 1.48.